The van der Waals surface area contributed by atoms with Gasteiger partial charge >= 0.3 is 0 Å². The molecular weight excluding hydrogens is 354 g/mol. The Morgan fingerprint density at radius 2 is 1.71 bits per heavy atom. The maximum Gasteiger partial charge on any atom is 0.224 e. The fourth-order valence-electron chi connectivity index (χ4n) is 3.35. The predicted octanol–water partition coefficient (Wildman–Crippen LogP) is 1.03. The molecule has 0 saturated carbocycles. The van der Waals surface area contributed by atoms with Gasteiger partial charge in [0.1, 0.15) is 11.6 Å². The van der Waals surface area contributed by atoms with Gasteiger partial charge in [0.15, 0.2) is 5.82 Å². The van der Waals surface area contributed by atoms with Crippen LogP contribution in [0.4, 0.5) is 17.6 Å². The van der Waals surface area contributed by atoms with Crippen LogP contribution in [0.25, 0.3) is 5.82 Å². The first kappa shape index (κ1) is 18.2. The molecule has 0 aromatic carbocycles. The molecule has 0 radical (unpaired) electrons. The molecule has 1 aliphatic heterocycles. The number of nitrogen functional groups attached to an aromatic ring is 1. The summed E-state index contributed by atoms with van der Waals surface area (Å²) in [7, 11) is 4.12. The van der Waals surface area contributed by atoms with Gasteiger partial charge in [-0.15, -0.1) is 0 Å². The van der Waals surface area contributed by atoms with Crippen molar-refractivity contribution < 1.29 is 0 Å². The topological polar surface area (TPSA) is 92.2 Å². The van der Waals surface area contributed by atoms with Gasteiger partial charge in [-0.25, -0.2) is 9.67 Å². The van der Waals surface area contributed by atoms with Crippen LogP contribution in [-0.2, 0) is 6.54 Å². The normalized spacial score (nSPS) is 14.7. The summed E-state index contributed by atoms with van der Waals surface area (Å²) < 4.78 is 1.69. The third-order valence-electron chi connectivity index (χ3n) is 4.69. The average Bonchev–Trinajstić information content (AvgIpc) is 3.23. The van der Waals surface area contributed by atoms with E-state index in [1.165, 1.54) is 5.56 Å². The van der Waals surface area contributed by atoms with Crippen molar-refractivity contribution in [1.82, 2.24) is 29.6 Å². The monoisotopic (exact) mass is 379 g/mol. The number of nitrogens with zero attached hydrogens (tertiary/aromatic N) is 8. The van der Waals surface area contributed by atoms with Crippen molar-refractivity contribution >= 4 is 17.6 Å². The van der Waals surface area contributed by atoms with E-state index >= 15 is 0 Å². The van der Waals surface area contributed by atoms with Crippen molar-refractivity contribution in [2.24, 2.45) is 0 Å². The summed E-state index contributed by atoms with van der Waals surface area (Å²) in [6.07, 6.45) is 5.52. The number of pyridine rings is 1. The molecule has 0 bridgehead atoms. The SMILES string of the molecule is CN(C)Cc1ccc(N2CCN(c3cc(-n4cccn4)nc(N)n3)CC2)nc1. The Kier molecular flexibility index (Phi) is 5.07. The summed E-state index contributed by atoms with van der Waals surface area (Å²) >= 11 is 0. The van der Waals surface area contributed by atoms with Crippen LogP contribution >= 0.6 is 0 Å². The van der Waals surface area contributed by atoms with Crippen LogP contribution in [0.2, 0.25) is 0 Å². The van der Waals surface area contributed by atoms with Gasteiger partial charge in [-0.05, 0) is 31.8 Å². The van der Waals surface area contributed by atoms with Gasteiger partial charge in [0, 0.05) is 57.4 Å². The lowest BCUT2D eigenvalue weighted by Crippen LogP contribution is -2.47. The summed E-state index contributed by atoms with van der Waals surface area (Å²) in [5.41, 5.74) is 7.14. The van der Waals surface area contributed by atoms with Crippen molar-refractivity contribution in [2.45, 2.75) is 6.54 Å². The number of hydrogen-bond donors (Lipinski definition) is 1. The van der Waals surface area contributed by atoms with Gasteiger partial charge in [-0.3, -0.25) is 0 Å². The van der Waals surface area contributed by atoms with E-state index in [-0.39, 0.29) is 5.95 Å². The molecule has 0 aliphatic carbocycles. The minimum Gasteiger partial charge on any atom is -0.368 e. The molecule has 146 valence electrons. The third kappa shape index (κ3) is 4.04. The molecule has 0 spiro atoms. The molecular formula is C19H25N9. The average molecular weight is 379 g/mol. The second-order valence-electron chi connectivity index (χ2n) is 7.13. The van der Waals surface area contributed by atoms with E-state index < -0.39 is 0 Å². The van der Waals surface area contributed by atoms with E-state index in [0.717, 1.165) is 44.4 Å². The smallest absolute Gasteiger partial charge is 0.224 e. The highest BCUT2D eigenvalue weighted by atomic mass is 15.3. The number of piperazine rings is 1. The van der Waals surface area contributed by atoms with Crippen LogP contribution in [0.15, 0.2) is 42.9 Å². The molecule has 4 rings (SSSR count). The third-order valence-corrected chi connectivity index (χ3v) is 4.69. The van der Waals surface area contributed by atoms with Crippen LogP contribution in [0.1, 0.15) is 5.56 Å². The van der Waals surface area contributed by atoms with Gasteiger partial charge in [0.2, 0.25) is 5.95 Å². The van der Waals surface area contributed by atoms with Crippen molar-refractivity contribution in [2.75, 3.05) is 55.8 Å². The highest BCUT2D eigenvalue weighted by molar-refractivity contribution is 5.50. The highest BCUT2D eigenvalue weighted by Crippen LogP contribution is 2.20. The Hall–Kier alpha value is -3.20. The first-order valence-electron chi connectivity index (χ1n) is 9.32. The first-order valence-corrected chi connectivity index (χ1v) is 9.32. The first-order chi connectivity index (χ1) is 13.6. The summed E-state index contributed by atoms with van der Waals surface area (Å²) in [6, 6.07) is 8.03. The Bertz CT molecular complexity index is 898. The van der Waals surface area contributed by atoms with E-state index in [9.17, 15) is 0 Å². The lowest BCUT2D eigenvalue weighted by atomic mass is 10.2. The fraction of sp³-hybridized carbons (Fsp3) is 0.368. The number of hydrogen-bond acceptors (Lipinski definition) is 8. The maximum atomic E-state index is 5.93. The van der Waals surface area contributed by atoms with Gasteiger partial charge in [0.25, 0.3) is 0 Å². The molecule has 9 heteroatoms. The van der Waals surface area contributed by atoms with Crippen molar-refractivity contribution in [3.63, 3.8) is 0 Å². The number of nitrogens with two attached hydrogens (primary N) is 1. The second-order valence-corrected chi connectivity index (χ2v) is 7.13. The van der Waals surface area contributed by atoms with Crippen LogP contribution in [0.3, 0.4) is 0 Å². The van der Waals surface area contributed by atoms with E-state index in [2.05, 4.69) is 61.0 Å². The molecule has 2 N–H and O–H groups in total. The molecule has 1 fully saturated rings. The Morgan fingerprint density at radius 1 is 1.00 bits per heavy atom. The van der Waals surface area contributed by atoms with E-state index in [1.807, 2.05) is 24.5 Å². The molecule has 3 aromatic rings. The molecule has 28 heavy (non-hydrogen) atoms. The van der Waals surface area contributed by atoms with E-state index in [4.69, 9.17) is 5.73 Å². The second kappa shape index (κ2) is 7.81. The maximum absolute atomic E-state index is 5.93. The van der Waals surface area contributed by atoms with Crippen molar-refractivity contribution in [3.05, 3.63) is 48.4 Å². The number of aromatic nitrogens is 5. The van der Waals surface area contributed by atoms with Crippen molar-refractivity contribution in [1.29, 1.82) is 0 Å². The Labute approximate surface area is 164 Å². The lowest BCUT2D eigenvalue weighted by molar-refractivity contribution is 0.402. The van der Waals surface area contributed by atoms with Crippen molar-refractivity contribution in [3.8, 4) is 5.82 Å². The minimum atomic E-state index is 0.253. The largest absolute Gasteiger partial charge is 0.368 e. The molecule has 1 aliphatic rings. The van der Waals surface area contributed by atoms with Gasteiger partial charge in [-0.2, -0.15) is 15.1 Å². The summed E-state index contributed by atoms with van der Waals surface area (Å²) in [5.74, 6) is 2.77. The summed E-state index contributed by atoms with van der Waals surface area (Å²) in [6.45, 7) is 4.34. The Morgan fingerprint density at radius 3 is 2.32 bits per heavy atom. The molecule has 3 aromatic heterocycles. The van der Waals surface area contributed by atoms with E-state index in [0.29, 0.717) is 5.82 Å². The number of rotatable bonds is 5. The standard InChI is InChI=1S/C19H25N9/c1-25(2)14-15-4-5-16(21-13-15)26-8-10-27(11-9-26)17-12-18(24-19(20)23-17)28-7-3-6-22-28/h3-7,12-13H,8-11,14H2,1-2H3,(H2,20,23,24). The zero-order chi connectivity index (χ0) is 19.5. The van der Waals surface area contributed by atoms with Crippen LogP contribution in [0.5, 0.6) is 0 Å². The lowest BCUT2D eigenvalue weighted by Gasteiger charge is -2.36. The van der Waals surface area contributed by atoms with Gasteiger partial charge in [-0.1, -0.05) is 6.07 Å². The van der Waals surface area contributed by atoms with Crippen LogP contribution in [0, 0.1) is 0 Å². The fourth-order valence-corrected chi connectivity index (χ4v) is 3.35. The molecule has 1 saturated heterocycles. The van der Waals surface area contributed by atoms with Gasteiger partial charge < -0.3 is 20.4 Å². The molecule has 9 nitrogen and oxygen atoms in total. The molecule has 0 atom stereocenters. The van der Waals surface area contributed by atoms with E-state index in [1.54, 1.807) is 10.9 Å². The van der Waals surface area contributed by atoms with Gasteiger partial charge in [0.05, 0.1) is 0 Å². The number of anilines is 3. The summed E-state index contributed by atoms with van der Waals surface area (Å²) in [4.78, 5) is 20.0. The zero-order valence-electron chi connectivity index (χ0n) is 16.2. The predicted molar refractivity (Wildman–Crippen MR) is 110 cm³/mol. The van der Waals surface area contributed by atoms with Crippen LogP contribution in [-0.4, -0.2) is 69.9 Å². The molecule has 0 unspecified atom stereocenters. The molecule has 0 amide bonds. The Balaban J connectivity index is 1.43. The minimum absolute atomic E-state index is 0.253. The quantitative estimate of drug-likeness (QED) is 0.703. The zero-order valence-corrected chi connectivity index (χ0v) is 16.2. The van der Waals surface area contributed by atoms with Crippen LogP contribution < -0.4 is 15.5 Å². The summed E-state index contributed by atoms with van der Waals surface area (Å²) in [5, 5.41) is 4.22. The highest BCUT2D eigenvalue weighted by Gasteiger charge is 2.20. The molecule has 4 heterocycles.